The second kappa shape index (κ2) is 38.1. The van der Waals surface area contributed by atoms with Crippen molar-refractivity contribution in [3.8, 4) is 181 Å². The van der Waals surface area contributed by atoms with E-state index in [1.54, 1.807) is 0 Å². The predicted octanol–water partition coefficient (Wildman–Crippen LogP) is 33.6. The molecule has 0 N–H and O–H groups in total. The van der Waals surface area contributed by atoms with Gasteiger partial charge in [-0.3, -0.25) is 0 Å². The highest BCUT2D eigenvalue weighted by Crippen LogP contribution is 2.48. The van der Waals surface area contributed by atoms with Crippen molar-refractivity contribution in [2.75, 3.05) is 0 Å². The Kier molecular flexibility index (Phi) is 22.6. The van der Waals surface area contributed by atoms with E-state index in [0.29, 0.717) is 52.4 Å². The number of hydrogen-bond donors (Lipinski definition) is 0. The molecule has 19 aromatic carbocycles. The Balaban J connectivity index is 0.000000112. The fourth-order valence-corrected chi connectivity index (χ4v) is 19.6. The minimum Gasteiger partial charge on any atom is -0.455 e. The summed E-state index contributed by atoms with van der Waals surface area (Å²) in [6.45, 7) is 0. The molecule has 0 aliphatic heterocycles. The van der Waals surface area contributed by atoms with Gasteiger partial charge in [-0.1, -0.05) is 443 Å². The van der Waals surface area contributed by atoms with Gasteiger partial charge in [-0.15, -0.1) is 0 Å². The van der Waals surface area contributed by atoms with Crippen molar-refractivity contribution in [2.24, 2.45) is 0 Å². The second-order valence-corrected chi connectivity index (χ2v) is 36.0. The van der Waals surface area contributed by atoms with E-state index < -0.39 is 0 Å². The van der Waals surface area contributed by atoms with Crippen LogP contribution in [0.4, 0.5) is 0 Å². The smallest absolute Gasteiger partial charge is 0.164 e. The maximum Gasteiger partial charge on any atom is 0.164 e. The van der Waals surface area contributed by atoms with Crippen molar-refractivity contribution in [1.82, 2.24) is 59.8 Å². The largest absolute Gasteiger partial charge is 0.455 e. The SMILES string of the molecule is c1ccc(-c2ccc(-c3nc(-c4ccccc4)nc(-c4ccc(-c5nc6ccc(-c7ccccc7)cc6c6oc7ccccc7c56)cc4)n3)cc2)cc1.c1ccc(-c2ccc3nc(-c4cccc(-c5nc(-c6ccccc6)nc(-c6ccccc6)n5)c4)c4c5ccccc5oc4c3c2)cc1.c1ccc(-c2nc(-c3ccccc3)nc(-c3ccc(-c4nc5cccc(-c6ccccc6)c5c5oc6ccccc6c45)cc3)n2)cc1. The molecule has 0 aliphatic carbocycles. The summed E-state index contributed by atoms with van der Waals surface area (Å²) in [6, 6.07) is 169. The summed E-state index contributed by atoms with van der Waals surface area (Å²) in [5.41, 5.74) is 30.5. The average Bonchev–Trinajstić information content (AvgIpc) is 1.60. The molecule has 0 fully saturated rings. The van der Waals surface area contributed by atoms with Crippen LogP contribution in [0.15, 0.2) is 511 Å². The van der Waals surface area contributed by atoms with Crippen molar-refractivity contribution in [3.05, 3.63) is 497 Å². The fraction of sp³-hybridized carbons (Fsp3) is 0. The van der Waals surface area contributed by atoms with E-state index in [-0.39, 0.29) is 0 Å². The van der Waals surface area contributed by atoms with Crippen molar-refractivity contribution in [2.45, 2.75) is 0 Å². The zero-order valence-corrected chi connectivity index (χ0v) is 78.9. The molecule has 15 heteroatoms. The van der Waals surface area contributed by atoms with Crippen molar-refractivity contribution in [1.29, 1.82) is 0 Å². The minimum absolute atomic E-state index is 0.598. The van der Waals surface area contributed by atoms with E-state index in [4.69, 9.17) is 73.1 Å². The van der Waals surface area contributed by atoms with Gasteiger partial charge in [-0.25, -0.2) is 59.8 Å². The van der Waals surface area contributed by atoms with E-state index in [0.717, 1.165) is 221 Å². The van der Waals surface area contributed by atoms with Gasteiger partial charge in [0.25, 0.3) is 0 Å². The van der Waals surface area contributed by atoms with E-state index in [2.05, 4.69) is 255 Å². The summed E-state index contributed by atoms with van der Waals surface area (Å²) in [5, 5.41) is 9.07. The van der Waals surface area contributed by atoms with E-state index in [1.807, 2.05) is 243 Å². The first-order valence-corrected chi connectivity index (χ1v) is 48.8. The number of rotatable bonds is 16. The molecule has 0 unspecified atom stereocenters. The third-order valence-corrected chi connectivity index (χ3v) is 26.8. The topological polar surface area (TPSA) is 194 Å². The monoisotopic (exact) mass is 1880 g/mol. The molecular formula is C132H82N12O3. The Labute approximate surface area is 844 Å². The van der Waals surface area contributed by atoms with E-state index in [9.17, 15) is 0 Å². The lowest BCUT2D eigenvalue weighted by atomic mass is 9.96. The number of hydrogen-bond acceptors (Lipinski definition) is 15. The summed E-state index contributed by atoms with van der Waals surface area (Å²) in [7, 11) is 0. The van der Waals surface area contributed by atoms with Gasteiger partial charge in [0.2, 0.25) is 0 Å². The second-order valence-electron chi connectivity index (χ2n) is 36.0. The van der Waals surface area contributed by atoms with Crippen LogP contribution in [0.3, 0.4) is 0 Å². The standard InChI is InChI=1S/C48H30N4O.2C42H26N4O/c1-4-12-31(13-5-1)33-20-24-36(25-21-33)47-50-46(35-16-8-3-9-17-35)51-48(52-47)37-26-22-34(23-27-37)44-43-39-18-10-11-19-42(39)53-45(43)40-30-38(28-29-41(40)49-44)32-14-6-2-7-15-32;1-4-13-27(14-5-1)30-23-24-35-34(26-30)39-37(33-21-10-11-22-36(33)47-39)38(43-35)31-19-12-20-32(25-31)42-45-40(28-15-6-2-7-16-28)44-41(46-42)29-17-8-3-9-18-29;1-4-13-27(14-5-1)32-20-12-21-34-36(32)39-37(33-19-10-11-22-35(33)47-39)38(43-34)28-23-25-31(26-24-28)42-45-40(29-15-6-2-7-16-29)44-41(46-42)30-17-8-3-9-18-30/h1-30H;2*1-26H. The molecule has 0 aliphatic rings. The zero-order chi connectivity index (χ0) is 97.5. The van der Waals surface area contributed by atoms with Crippen LogP contribution in [0.1, 0.15) is 0 Å². The Morgan fingerprint density at radius 1 is 0.122 bits per heavy atom. The van der Waals surface area contributed by atoms with Crippen LogP contribution in [0.2, 0.25) is 0 Å². The molecule has 0 spiro atoms. The average molecular weight is 1880 g/mol. The summed E-state index contributed by atoms with van der Waals surface area (Å²) >= 11 is 0. The Morgan fingerprint density at radius 3 is 0.707 bits per heavy atom. The molecule has 0 radical (unpaired) electrons. The normalized spacial score (nSPS) is 11.4. The van der Waals surface area contributed by atoms with Gasteiger partial charge in [-0.05, 0) is 99.1 Å². The fourth-order valence-electron chi connectivity index (χ4n) is 19.6. The van der Waals surface area contributed by atoms with Crippen molar-refractivity contribution >= 4 is 98.5 Å². The first kappa shape index (κ1) is 87.1. The van der Waals surface area contributed by atoms with Gasteiger partial charge in [0.1, 0.15) is 33.5 Å². The summed E-state index contributed by atoms with van der Waals surface area (Å²) in [4.78, 5) is 60.2. The summed E-state index contributed by atoms with van der Waals surface area (Å²) < 4.78 is 19.8. The number of para-hydroxylation sites is 3. The van der Waals surface area contributed by atoms with Crippen LogP contribution in [-0.2, 0) is 0 Å². The van der Waals surface area contributed by atoms with Gasteiger partial charge >= 0.3 is 0 Å². The maximum absolute atomic E-state index is 6.63. The highest BCUT2D eigenvalue weighted by atomic mass is 16.3. The number of fused-ring (bicyclic) bond motifs is 15. The number of benzene rings is 19. The zero-order valence-electron chi connectivity index (χ0n) is 78.9. The van der Waals surface area contributed by atoms with Crippen LogP contribution in [0, 0.1) is 0 Å². The molecule has 15 nitrogen and oxygen atoms in total. The molecular weight excluding hydrogens is 1800 g/mol. The lowest BCUT2D eigenvalue weighted by Gasteiger charge is -2.11. The van der Waals surface area contributed by atoms with Crippen LogP contribution >= 0.6 is 0 Å². The highest BCUT2D eigenvalue weighted by Gasteiger charge is 2.27. The van der Waals surface area contributed by atoms with Gasteiger partial charge in [0, 0.05) is 93.7 Å². The van der Waals surface area contributed by atoms with Gasteiger partial charge in [0.05, 0.1) is 55.2 Å². The first-order chi connectivity index (χ1) is 72.8. The third-order valence-electron chi connectivity index (χ3n) is 26.8. The molecule has 688 valence electrons. The maximum atomic E-state index is 6.63. The lowest BCUT2D eigenvalue weighted by molar-refractivity contribution is 0.672. The Morgan fingerprint density at radius 2 is 0.354 bits per heavy atom. The predicted molar refractivity (Wildman–Crippen MR) is 594 cm³/mol. The van der Waals surface area contributed by atoms with Crippen LogP contribution in [-0.4, -0.2) is 59.8 Å². The number of pyridine rings is 3. The molecule has 0 saturated heterocycles. The van der Waals surface area contributed by atoms with Crippen LogP contribution in [0.5, 0.6) is 0 Å². The minimum atomic E-state index is 0.598. The summed E-state index contributed by atoms with van der Waals surface area (Å²) in [5.74, 6) is 5.58. The van der Waals surface area contributed by atoms with E-state index in [1.165, 1.54) is 5.56 Å². The number of nitrogens with zero attached hydrogens (tertiary/aromatic N) is 12. The highest BCUT2D eigenvalue weighted by molar-refractivity contribution is 6.24. The third kappa shape index (κ3) is 17.0. The molecule has 9 aromatic heterocycles. The molecule has 147 heavy (non-hydrogen) atoms. The quantitative estimate of drug-likeness (QED) is 0.0886. The lowest BCUT2D eigenvalue weighted by Crippen LogP contribution is -2.00. The molecule has 0 saturated carbocycles. The molecule has 28 rings (SSSR count). The molecule has 0 bridgehead atoms. The number of furan rings is 3. The van der Waals surface area contributed by atoms with Crippen LogP contribution in [0.25, 0.3) is 279 Å². The van der Waals surface area contributed by atoms with Crippen LogP contribution < -0.4 is 0 Å². The van der Waals surface area contributed by atoms with Gasteiger partial charge in [0.15, 0.2) is 52.4 Å². The van der Waals surface area contributed by atoms with Crippen molar-refractivity contribution < 1.29 is 13.3 Å². The Bertz CT molecular complexity index is 9690. The number of aromatic nitrogens is 12. The Hall–Kier alpha value is -20.2. The molecule has 28 aromatic rings. The van der Waals surface area contributed by atoms with Crippen molar-refractivity contribution in [3.63, 3.8) is 0 Å². The van der Waals surface area contributed by atoms with Gasteiger partial charge in [-0.2, -0.15) is 0 Å². The summed E-state index contributed by atoms with van der Waals surface area (Å²) in [6.07, 6.45) is 0. The van der Waals surface area contributed by atoms with Gasteiger partial charge < -0.3 is 13.3 Å². The molecule has 0 atom stereocenters. The molecule has 9 heterocycles. The first-order valence-electron chi connectivity index (χ1n) is 48.8. The molecule has 0 amide bonds. The van der Waals surface area contributed by atoms with E-state index >= 15 is 0 Å².